The van der Waals surface area contributed by atoms with Crippen LogP contribution in [0.4, 0.5) is 13.2 Å². The molecular formula is C27H26F3N3O3. The molecule has 0 radical (unpaired) electrons. The molecule has 2 amide bonds. The second-order valence-electron chi connectivity index (χ2n) is 8.42. The van der Waals surface area contributed by atoms with E-state index in [0.29, 0.717) is 32.7 Å². The van der Waals surface area contributed by atoms with E-state index in [9.17, 15) is 22.8 Å². The van der Waals surface area contributed by atoms with Gasteiger partial charge in [0.05, 0.1) is 0 Å². The van der Waals surface area contributed by atoms with Crippen LogP contribution in [0.15, 0.2) is 84.9 Å². The Morgan fingerprint density at radius 1 is 0.833 bits per heavy atom. The summed E-state index contributed by atoms with van der Waals surface area (Å²) in [7, 11) is 0. The van der Waals surface area contributed by atoms with Crippen LogP contribution in [0.1, 0.15) is 27.5 Å². The predicted octanol–water partition coefficient (Wildman–Crippen LogP) is 4.40. The minimum atomic E-state index is -4.79. The number of carbonyl (C=O) groups excluding carboxylic acids is 2. The summed E-state index contributed by atoms with van der Waals surface area (Å²) < 4.78 is 41.0. The van der Waals surface area contributed by atoms with Gasteiger partial charge in [0.25, 0.3) is 5.91 Å². The van der Waals surface area contributed by atoms with E-state index in [1.165, 1.54) is 12.1 Å². The minimum absolute atomic E-state index is 0.120. The molecule has 0 unspecified atom stereocenters. The zero-order valence-electron chi connectivity index (χ0n) is 19.4. The number of nitrogens with zero attached hydrogens (tertiary/aromatic N) is 2. The number of amides is 2. The van der Waals surface area contributed by atoms with Gasteiger partial charge in [-0.3, -0.25) is 14.5 Å². The van der Waals surface area contributed by atoms with Crippen LogP contribution in [0.3, 0.4) is 0 Å². The fourth-order valence-electron chi connectivity index (χ4n) is 4.21. The highest BCUT2D eigenvalue weighted by atomic mass is 19.4. The summed E-state index contributed by atoms with van der Waals surface area (Å²) in [6.45, 7) is 2.12. The van der Waals surface area contributed by atoms with Gasteiger partial charge in [0.15, 0.2) is 0 Å². The summed E-state index contributed by atoms with van der Waals surface area (Å²) in [5, 5.41) is 3.02. The Labute approximate surface area is 207 Å². The fraction of sp³-hybridized carbons (Fsp3) is 0.259. The van der Waals surface area contributed by atoms with Gasteiger partial charge in [-0.15, -0.1) is 13.2 Å². The second kappa shape index (κ2) is 11.3. The molecule has 3 aromatic rings. The highest BCUT2D eigenvalue weighted by Gasteiger charge is 2.33. The molecule has 36 heavy (non-hydrogen) atoms. The SMILES string of the molecule is O=C(NCc1ccccc1)[C@H](c1ccccc1)N1CCN(C(=O)c2ccc(OC(F)(F)F)cc2)CC1. The van der Waals surface area contributed by atoms with Crippen molar-refractivity contribution in [2.75, 3.05) is 26.2 Å². The number of alkyl halides is 3. The standard InChI is InChI=1S/C27H26F3N3O3/c28-27(29,30)36-23-13-11-22(12-14-23)26(35)33-17-15-32(16-18-33)24(21-9-5-2-6-10-21)25(34)31-19-20-7-3-1-4-8-20/h1-14,24H,15-19H2,(H,31,34)/t24-/m0/s1. The van der Waals surface area contributed by atoms with Gasteiger partial charge in [0, 0.05) is 38.3 Å². The van der Waals surface area contributed by atoms with Gasteiger partial charge in [-0.05, 0) is 35.4 Å². The lowest BCUT2D eigenvalue weighted by atomic mass is 10.0. The summed E-state index contributed by atoms with van der Waals surface area (Å²) in [4.78, 5) is 29.8. The molecule has 6 nitrogen and oxygen atoms in total. The number of halogens is 3. The lowest BCUT2D eigenvalue weighted by Crippen LogP contribution is -2.52. The molecule has 0 aliphatic carbocycles. The van der Waals surface area contributed by atoms with Crippen molar-refractivity contribution in [2.24, 2.45) is 0 Å². The molecule has 1 heterocycles. The van der Waals surface area contributed by atoms with Gasteiger partial charge in [-0.1, -0.05) is 60.7 Å². The van der Waals surface area contributed by atoms with Crippen molar-refractivity contribution in [1.29, 1.82) is 0 Å². The average Bonchev–Trinajstić information content (AvgIpc) is 2.88. The highest BCUT2D eigenvalue weighted by Crippen LogP contribution is 2.25. The first-order valence-corrected chi connectivity index (χ1v) is 11.6. The molecule has 1 aliphatic heterocycles. The van der Waals surface area contributed by atoms with Crippen LogP contribution in [0.25, 0.3) is 0 Å². The van der Waals surface area contributed by atoms with E-state index < -0.39 is 12.4 Å². The van der Waals surface area contributed by atoms with Crippen molar-refractivity contribution >= 4 is 11.8 Å². The van der Waals surface area contributed by atoms with Crippen LogP contribution in [0, 0.1) is 0 Å². The van der Waals surface area contributed by atoms with Crippen molar-refractivity contribution in [2.45, 2.75) is 18.9 Å². The Kier molecular flexibility index (Phi) is 7.90. The third-order valence-corrected chi connectivity index (χ3v) is 5.97. The third-order valence-electron chi connectivity index (χ3n) is 5.97. The molecule has 0 aromatic heterocycles. The largest absolute Gasteiger partial charge is 0.573 e. The number of piperazine rings is 1. The first-order valence-electron chi connectivity index (χ1n) is 11.6. The van der Waals surface area contributed by atoms with E-state index in [2.05, 4.69) is 10.1 Å². The van der Waals surface area contributed by atoms with Crippen LogP contribution in [-0.4, -0.2) is 54.2 Å². The fourth-order valence-corrected chi connectivity index (χ4v) is 4.21. The first-order chi connectivity index (χ1) is 17.3. The zero-order chi connectivity index (χ0) is 25.5. The topological polar surface area (TPSA) is 61.9 Å². The van der Waals surface area contributed by atoms with Gasteiger partial charge in [-0.2, -0.15) is 0 Å². The highest BCUT2D eigenvalue weighted by molar-refractivity contribution is 5.94. The lowest BCUT2D eigenvalue weighted by molar-refractivity contribution is -0.274. The maximum absolute atomic E-state index is 13.3. The maximum Gasteiger partial charge on any atom is 0.573 e. The quantitative estimate of drug-likeness (QED) is 0.526. The molecule has 1 atom stereocenters. The van der Waals surface area contributed by atoms with Gasteiger partial charge in [-0.25, -0.2) is 0 Å². The van der Waals surface area contributed by atoms with Crippen LogP contribution >= 0.6 is 0 Å². The number of hydrogen-bond donors (Lipinski definition) is 1. The molecule has 4 rings (SSSR count). The van der Waals surface area contributed by atoms with Crippen LogP contribution in [-0.2, 0) is 11.3 Å². The number of carbonyl (C=O) groups is 2. The van der Waals surface area contributed by atoms with Crippen LogP contribution in [0.2, 0.25) is 0 Å². The number of rotatable bonds is 7. The van der Waals surface area contributed by atoms with Crippen LogP contribution < -0.4 is 10.1 Å². The smallest absolute Gasteiger partial charge is 0.406 e. The summed E-state index contributed by atoms with van der Waals surface area (Å²) in [6, 6.07) is 23.5. The molecule has 0 spiro atoms. The summed E-state index contributed by atoms with van der Waals surface area (Å²) in [5.41, 5.74) is 2.14. The van der Waals surface area contributed by atoms with E-state index in [0.717, 1.165) is 23.3 Å². The van der Waals surface area contributed by atoms with E-state index >= 15 is 0 Å². The predicted molar refractivity (Wildman–Crippen MR) is 128 cm³/mol. The van der Waals surface area contributed by atoms with Crippen molar-refractivity contribution in [3.8, 4) is 5.75 Å². The molecule has 0 bridgehead atoms. The van der Waals surface area contributed by atoms with Gasteiger partial charge in [0.1, 0.15) is 11.8 Å². The van der Waals surface area contributed by atoms with E-state index in [4.69, 9.17) is 0 Å². The first kappa shape index (κ1) is 25.2. The van der Waals surface area contributed by atoms with Crippen molar-refractivity contribution < 1.29 is 27.5 Å². The summed E-state index contributed by atoms with van der Waals surface area (Å²) in [5.74, 6) is -0.779. The Hall–Kier alpha value is -3.85. The molecule has 1 N–H and O–H groups in total. The van der Waals surface area contributed by atoms with E-state index in [-0.39, 0.29) is 23.1 Å². The number of benzene rings is 3. The molecule has 188 valence electrons. The Bertz CT molecular complexity index is 1150. The number of ether oxygens (including phenoxy) is 1. The lowest BCUT2D eigenvalue weighted by Gasteiger charge is -2.38. The average molecular weight is 498 g/mol. The van der Waals surface area contributed by atoms with Gasteiger partial charge >= 0.3 is 6.36 Å². The van der Waals surface area contributed by atoms with Crippen molar-refractivity contribution in [3.63, 3.8) is 0 Å². The molecule has 1 fully saturated rings. The summed E-state index contributed by atoms with van der Waals surface area (Å²) in [6.07, 6.45) is -4.79. The van der Waals surface area contributed by atoms with Crippen molar-refractivity contribution in [1.82, 2.24) is 15.1 Å². The van der Waals surface area contributed by atoms with E-state index in [1.807, 2.05) is 65.6 Å². The Balaban J connectivity index is 1.40. The van der Waals surface area contributed by atoms with Gasteiger partial charge < -0.3 is 15.0 Å². The molecule has 0 saturated carbocycles. The Morgan fingerprint density at radius 2 is 1.42 bits per heavy atom. The van der Waals surface area contributed by atoms with Crippen molar-refractivity contribution in [3.05, 3.63) is 102 Å². The molecule has 9 heteroatoms. The minimum Gasteiger partial charge on any atom is -0.406 e. The molecule has 3 aromatic carbocycles. The number of nitrogens with one attached hydrogen (secondary N) is 1. The molecule has 1 saturated heterocycles. The third kappa shape index (κ3) is 6.63. The second-order valence-corrected chi connectivity index (χ2v) is 8.42. The van der Waals surface area contributed by atoms with Crippen LogP contribution in [0.5, 0.6) is 5.75 Å². The van der Waals surface area contributed by atoms with Gasteiger partial charge in [0.2, 0.25) is 5.91 Å². The monoisotopic (exact) mass is 497 g/mol. The summed E-state index contributed by atoms with van der Waals surface area (Å²) >= 11 is 0. The molecule has 1 aliphatic rings. The van der Waals surface area contributed by atoms with E-state index in [1.54, 1.807) is 4.90 Å². The number of hydrogen-bond acceptors (Lipinski definition) is 4. The maximum atomic E-state index is 13.3. The normalized spacial score (nSPS) is 15.2. The molecular weight excluding hydrogens is 471 g/mol. The zero-order valence-corrected chi connectivity index (χ0v) is 19.4. The Morgan fingerprint density at radius 3 is 2.00 bits per heavy atom.